The maximum Gasteiger partial charge on any atom is 0.222 e. The molecule has 0 aliphatic heterocycles. The van der Waals surface area contributed by atoms with Crippen LogP contribution in [0.4, 0.5) is 0 Å². The number of nitrogens with zero attached hydrogens (tertiary/aromatic N) is 2. The van der Waals surface area contributed by atoms with Crippen LogP contribution < -0.4 is 0 Å². The average Bonchev–Trinajstić information content (AvgIpc) is 2.51. The maximum absolute atomic E-state index is 5.93. The molecule has 0 fully saturated rings. The molecule has 2 rings (SSSR count). The highest BCUT2D eigenvalue weighted by Gasteiger charge is 2.06. The van der Waals surface area contributed by atoms with Crippen molar-refractivity contribution in [2.24, 2.45) is 0 Å². The molecule has 0 aromatic carbocycles. The van der Waals surface area contributed by atoms with Gasteiger partial charge in [-0.1, -0.05) is 11.6 Å². The van der Waals surface area contributed by atoms with Crippen LogP contribution in [0.25, 0.3) is 10.6 Å². The Morgan fingerprint density at radius 1 is 1.23 bits per heavy atom. The third-order valence-corrected chi connectivity index (χ3v) is 3.02. The van der Waals surface area contributed by atoms with Gasteiger partial charge in [0.1, 0.15) is 0 Å². The summed E-state index contributed by atoms with van der Waals surface area (Å²) in [6.45, 7) is 0. The summed E-state index contributed by atoms with van der Waals surface area (Å²) in [4.78, 5) is 8.77. The molecule has 0 saturated heterocycles. The van der Waals surface area contributed by atoms with Gasteiger partial charge in [0.05, 0.1) is 15.6 Å². The first kappa shape index (κ1) is 8.94. The van der Waals surface area contributed by atoms with E-state index in [1.807, 2.05) is 11.4 Å². The third-order valence-electron chi connectivity index (χ3n) is 1.48. The smallest absolute Gasteiger partial charge is 0.222 e. The topological polar surface area (TPSA) is 25.8 Å². The lowest BCUT2D eigenvalue weighted by Crippen LogP contribution is -1.83. The summed E-state index contributed by atoms with van der Waals surface area (Å²) in [6.07, 6.45) is 1.61. The second-order valence-corrected chi connectivity index (χ2v) is 3.97. The standard InChI is InChI=1S/C8H4Cl2N2S/c9-5-2-4-13-7(5)6-1-3-11-8(10)12-6/h1-4H. The largest absolute Gasteiger partial charge is 0.226 e. The van der Waals surface area contributed by atoms with Crippen LogP contribution in [0.3, 0.4) is 0 Å². The van der Waals surface area contributed by atoms with Crippen molar-refractivity contribution >= 4 is 34.5 Å². The molecule has 0 N–H and O–H groups in total. The number of halogens is 2. The van der Waals surface area contributed by atoms with Crippen molar-refractivity contribution in [3.05, 3.63) is 34.0 Å². The van der Waals surface area contributed by atoms with Gasteiger partial charge in [0, 0.05) is 6.20 Å². The minimum Gasteiger partial charge on any atom is -0.226 e. The van der Waals surface area contributed by atoms with Crippen LogP contribution in [0, 0.1) is 0 Å². The van der Waals surface area contributed by atoms with Gasteiger partial charge in [0.2, 0.25) is 5.28 Å². The first-order valence-electron chi connectivity index (χ1n) is 3.49. The van der Waals surface area contributed by atoms with Gasteiger partial charge in [0.25, 0.3) is 0 Å². The normalized spacial score (nSPS) is 10.3. The Morgan fingerprint density at radius 3 is 2.69 bits per heavy atom. The quantitative estimate of drug-likeness (QED) is 0.702. The molecule has 0 radical (unpaired) electrons. The minimum atomic E-state index is 0.238. The average molecular weight is 231 g/mol. The molecule has 0 aliphatic carbocycles. The van der Waals surface area contributed by atoms with Gasteiger partial charge in [0.15, 0.2) is 0 Å². The van der Waals surface area contributed by atoms with Crippen molar-refractivity contribution in [2.75, 3.05) is 0 Å². The SMILES string of the molecule is Clc1nccc(-c2sccc2Cl)n1. The number of aromatic nitrogens is 2. The molecule has 2 aromatic rings. The Kier molecular flexibility index (Phi) is 2.49. The fourth-order valence-corrected chi connectivity index (χ4v) is 2.21. The predicted octanol–water partition coefficient (Wildman–Crippen LogP) is 3.51. The summed E-state index contributed by atoms with van der Waals surface area (Å²) < 4.78 is 0. The Hall–Kier alpha value is -0.640. The molecule has 0 atom stereocenters. The zero-order chi connectivity index (χ0) is 9.26. The Labute approximate surface area is 89.2 Å². The van der Waals surface area contributed by atoms with Crippen LogP contribution in [0.15, 0.2) is 23.7 Å². The Bertz CT molecular complexity index is 428. The van der Waals surface area contributed by atoms with E-state index in [2.05, 4.69) is 9.97 Å². The van der Waals surface area contributed by atoms with Crippen LogP contribution in [-0.2, 0) is 0 Å². The molecule has 0 aliphatic rings. The molecule has 2 heterocycles. The van der Waals surface area contributed by atoms with Gasteiger partial charge in [-0.25, -0.2) is 9.97 Å². The molecule has 2 aromatic heterocycles. The van der Waals surface area contributed by atoms with E-state index in [4.69, 9.17) is 23.2 Å². The first-order chi connectivity index (χ1) is 6.27. The van der Waals surface area contributed by atoms with E-state index in [1.54, 1.807) is 12.3 Å². The monoisotopic (exact) mass is 230 g/mol. The summed E-state index contributed by atoms with van der Waals surface area (Å²) in [5.41, 5.74) is 0.764. The van der Waals surface area contributed by atoms with Crippen molar-refractivity contribution in [1.82, 2.24) is 9.97 Å². The van der Waals surface area contributed by atoms with Gasteiger partial charge in [-0.2, -0.15) is 0 Å². The van der Waals surface area contributed by atoms with Crippen molar-refractivity contribution in [2.45, 2.75) is 0 Å². The van der Waals surface area contributed by atoms with Gasteiger partial charge in [-0.3, -0.25) is 0 Å². The molecular weight excluding hydrogens is 227 g/mol. The highest BCUT2D eigenvalue weighted by molar-refractivity contribution is 7.14. The van der Waals surface area contributed by atoms with E-state index in [0.717, 1.165) is 10.6 Å². The molecule has 66 valence electrons. The number of hydrogen-bond donors (Lipinski definition) is 0. The Morgan fingerprint density at radius 2 is 2.08 bits per heavy atom. The van der Waals surface area contributed by atoms with Crippen LogP contribution in [0.5, 0.6) is 0 Å². The van der Waals surface area contributed by atoms with Crippen molar-refractivity contribution in [3.63, 3.8) is 0 Å². The molecule has 0 saturated carbocycles. The Balaban J connectivity index is 2.53. The lowest BCUT2D eigenvalue weighted by molar-refractivity contribution is 1.18. The van der Waals surface area contributed by atoms with Gasteiger partial charge < -0.3 is 0 Å². The molecule has 5 heteroatoms. The summed E-state index contributed by atoms with van der Waals surface area (Å²) in [6, 6.07) is 3.61. The molecule has 13 heavy (non-hydrogen) atoms. The van der Waals surface area contributed by atoms with Crippen LogP contribution in [0.2, 0.25) is 10.3 Å². The molecule has 2 nitrogen and oxygen atoms in total. The fourth-order valence-electron chi connectivity index (χ4n) is 0.938. The van der Waals surface area contributed by atoms with Gasteiger partial charge in [-0.05, 0) is 29.1 Å². The number of rotatable bonds is 1. The molecule has 0 amide bonds. The zero-order valence-corrected chi connectivity index (χ0v) is 8.70. The third kappa shape index (κ3) is 1.82. The lowest BCUT2D eigenvalue weighted by Gasteiger charge is -1.96. The number of thiophene rings is 1. The van der Waals surface area contributed by atoms with Crippen molar-refractivity contribution in [1.29, 1.82) is 0 Å². The summed E-state index contributed by atoms with van der Waals surface area (Å²) in [5.74, 6) is 0. The zero-order valence-electron chi connectivity index (χ0n) is 6.37. The lowest BCUT2D eigenvalue weighted by atomic mass is 10.3. The molecular formula is C8H4Cl2N2S. The summed E-state index contributed by atoms with van der Waals surface area (Å²) in [7, 11) is 0. The summed E-state index contributed by atoms with van der Waals surface area (Å²) >= 11 is 13.1. The van der Waals surface area contributed by atoms with E-state index in [1.165, 1.54) is 11.3 Å². The van der Waals surface area contributed by atoms with E-state index >= 15 is 0 Å². The van der Waals surface area contributed by atoms with E-state index in [0.29, 0.717) is 5.02 Å². The first-order valence-corrected chi connectivity index (χ1v) is 5.13. The minimum absolute atomic E-state index is 0.238. The predicted molar refractivity (Wildman–Crippen MR) is 55.4 cm³/mol. The van der Waals surface area contributed by atoms with Crippen LogP contribution in [0.1, 0.15) is 0 Å². The van der Waals surface area contributed by atoms with Crippen molar-refractivity contribution < 1.29 is 0 Å². The van der Waals surface area contributed by atoms with E-state index < -0.39 is 0 Å². The van der Waals surface area contributed by atoms with Crippen LogP contribution in [-0.4, -0.2) is 9.97 Å². The highest BCUT2D eigenvalue weighted by atomic mass is 35.5. The second kappa shape index (κ2) is 3.62. The van der Waals surface area contributed by atoms with Gasteiger partial charge >= 0.3 is 0 Å². The molecule has 0 bridgehead atoms. The maximum atomic E-state index is 5.93. The van der Waals surface area contributed by atoms with Gasteiger partial charge in [-0.15, -0.1) is 11.3 Å². The highest BCUT2D eigenvalue weighted by Crippen LogP contribution is 2.31. The number of hydrogen-bond acceptors (Lipinski definition) is 3. The molecule has 0 unspecified atom stereocenters. The summed E-state index contributed by atoms with van der Waals surface area (Å²) in [5, 5.41) is 2.84. The van der Waals surface area contributed by atoms with Crippen molar-refractivity contribution in [3.8, 4) is 10.6 Å². The van der Waals surface area contributed by atoms with E-state index in [-0.39, 0.29) is 5.28 Å². The molecule has 0 spiro atoms. The van der Waals surface area contributed by atoms with Crippen LogP contribution >= 0.6 is 34.5 Å². The second-order valence-electron chi connectivity index (χ2n) is 2.31. The van der Waals surface area contributed by atoms with E-state index in [9.17, 15) is 0 Å². The fraction of sp³-hybridized carbons (Fsp3) is 0.